The standard InChI is InChI=1S/C14H18N4O2/c1-10(14(19)15-2)16-9-13-17-12(18-20-13)8-11-6-4-3-5-7-11/h3-7,10,16H,8-9H2,1-2H3,(H,15,19). The van der Waals surface area contributed by atoms with Crippen LogP contribution in [0.5, 0.6) is 0 Å². The maximum Gasteiger partial charge on any atom is 0.240 e. The molecule has 1 heterocycles. The van der Waals surface area contributed by atoms with E-state index in [-0.39, 0.29) is 11.9 Å². The van der Waals surface area contributed by atoms with Crippen LogP contribution in [0.1, 0.15) is 24.2 Å². The lowest BCUT2D eigenvalue weighted by Gasteiger charge is -2.09. The molecular formula is C14H18N4O2. The van der Waals surface area contributed by atoms with E-state index >= 15 is 0 Å². The number of carbonyl (C=O) groups excluding carboxylic acids is 1. The molecule has 0 saturated heterocycles. The van der Waals surface area contributed by atoms with Gasteiger partial charge >= 0.3 is 0 Å². The smallest absolute Gasteiger partial charge is 0.240 e. The van der Waals surface area contributed by atoms with Gasteiger partial charge in [-0.05, 0) is 12.5 Å². The van der Waals surface area contributed by atoms with Gasteiger partial charge in [-0.3, -0.25) is 10.1 Å². The van der Waals surface area contributed by atoms with Crippen LogP contribution in [0.15, 0.2) is 34.9 Å². The van der Waals surface area contributed by atoms with Gasteiger partial charge < -0.3 is 9.84 Å². The first-order valence-electron chi connectivity index (χ1n) is 6.49. The first-order valence-corrected chi connectivity index (χ1v) is 6.49. The molecule has 0 aliphatic carbocycles. The third-order valence-electron chi connectivity index (χ3n) is 2.91. The second-order valence-electron chi connectivity index (χ2n) is 4.48. The highest BCUT2D eigenvalue weighted by Crippen LogP contribution is 2.06. The van der Waals surface area contributed by atoms with Gasteiger partial charge in [0.15, 0.2) is 5.82 Å². The van der Waals surface area contributed by atoms with E-state index in [1.54, 1.807) is 14.0 Å². The van der Waals surface area contributed by atoms with Gasteiger partial charge in [-0.2, -0.15) is 4.98 Å². The molecule has 0 aliphatic heterocycles. The lowest BCUT2D eigenvalue weighted by Crippen LogP contribution is -2.40. The topological polar surface area (TPSA) is 80.0 Å². The maximum absolute atomic E-state index is 11.3. The van der Waals surface area contributed by atoms with Gasteiger partial charge in [0.2, 0.25) is 11.8 Å². The van der Waals surface area contributed by atoms with Gasteiger partial charge in [-0.15, -0.1) is 0 Å². The summed E-state index contributed by atoms with van der Waals surface area (Å²) in [6, 6.07) is 9.65. The highest BCUT2D eigenvalue weighted by Gasteiger charge is 2.12. The predicted octanol–water partition coefficient (Wildman–Crippen LogP) is 0.884. The van der Waals surface area contributed by atoms with Crippen molar-refractivity contribution in [1.82, 2.24) is 20.8 Å². The summed E-state index contributed by atoms with van der Waals surface area (Å²) in [7, 11) is 1.60. The first-order chi connectivity index (χ1) is 9.69. The molecule has 6 heteroatoms. The molecule has 1 atom stereocenters. The minimum atomic E-state index is -0.301. The minimum Gasteiger partial charge on any atom is -0.358 e. The number of amides is 1. The maximum atomic E-state index is 11.3. The van der Waals surface area contributed by atoms with E-state index in [1.807, 2.05) is 30.3 Å². The van der Waals surface area contributed by atoms with Crippen LogP contribution in [-0.2, 0) is 17.8 Å². The van der Waals surface area contributed by atoms with Crippen molar-refractivity contribution in [2.24, 2.45) is 0 Å². The van der Waals surface area contributed by atoms with Crippen molar-refractivity contribution >= 4 is 5.91 Å². The number of likely N-dealkylation sites (N-methyl/N-ethyl adjacent to an activating group) is 1. The summed E-state index contributed by atoms with van der Waals surface area (Å²) >= 11 is 0. The highest BCUT2D eigenvalue weighted by molar-refractivity contribution is 5.80. The summed E-state index contributed by atoms with van der Waals surface area (Å²) < 4.78 is 5.15. The van der Waals surface area contributed by atoms with E-state index in [9.17, 15) is 4.79 Å². The number of nitrogens with zero attached hydrogens (tertiary/aromatic N) is 2. The van der Waals surface area contributed by atoms with E-state index < -0.39 is 0 Å². The molecular weight excluding hydrogens is 256 g/mol. The summed E-state index contributed by atoms with van der Waals surface area (Å²) in [6.07, 6.45) is 0.634. The van der Waals surface area contributed by atoms with Gasteiger partial charge in [0.1, 0.15) is 0 Å². The first kappa shape index (κ1) is 14.2. The Balaban J connectivity index is 1.88. The van der Waals surface area contributed by atoms with Crippen LogP contribution in [0, 0.1) is 0 Å². The number of hydrogen-bond acceptors (Lipinski definition) is 5. The summed E-state index contributed by atoms with van der Waals surface area (Å²) in [6.45, 7) is 2.15. The van der Waals surface area contributed by atoms with Gasteiger partial charge in [-0.25, -0.2) is 0 Å². The Kier molecular flexibility index (Phi) is 4.84. The molecule has 0 spiro atoms. The van der Waals surface area contributed by atoms with Crippen molar-refractivity contribution in [2.75, 3.05) is 7.05 Å². The van der Waals surface area contributed by atoms with Crippen molar-refractivity contribution in [1.29, 1.82) is 0 Å². The van der Waals surface area contributed by atoms with Gasteiger partial charge in [0, 0.05) is 13.5 Å². The second-order valence-corrected chi connectivity index (χ2v) is 4.48. The largest absolute Gasteiger partial charge is 0.358 e. The molecule has 0 bridgehead atoms. The zero-order valence-corrected chi connectivity index (χ0v) is 11.6. The van der Waals surface area contributed by atoms with Crippen LogP contribution < -0.4 is 10.6 Å². The van der Waals surface area contributed by atoms with E-state index in [1.165, 1.54) is 0 Å². The number of hydrogen-bond donors (Lipinski definition) is 2. The fourth-order valence-electron chi connectivity index (χ4n) is 1.76. The fraction of sp³-hybridized carbons (Fsp3) is 0.357. The molecule has 0 saturated carbocycles. The zero-order chi connectivity index (χ0) is 14.4. The molecule has 2 aromatic rings. The molecule has 0 fully saturated rings. The Labute approximate surface area is 117 Å². The van der Waals surface area contributed by atoms with Crippen LogP contribution in [-0.4, -0.2) is 29.1 Å². The molecule has 6 nitrogen and oxygen atoms in total. The second kappa shape index (κ2) is 6.81. The number of carbonyl (C=O) groups is 1. The quantitative estimate of drug-likeness (QED) is 0.817. The normalized spacial score (nSPS) is 12.1. The van der Waals surface area contributed by atoms with E-state index in [2.05, 4.69) is 20.8 Å². The van der Waals surface area contributed by atoms with Crippen LogP contribution in [0.4, 0.5) is 0 Å². The van der Waals surface area contributed by atoms with Crippen molar-refractivity contribution in [2.45, 2.75) is 25.9 Å². The van der Waals surface area contributed by atoms with Crippen molar-refractivity contribution in [3.63, 3.8) is 0 Å². The Hall–Kier alpha value is -2.21. The number of aromatic nitrogens is 2. The summed E-state index contributed by atoms with van der Waals surface area (Å²) in [5.74, 6) is 1.04. The molecule has 1 amide bonds. The summed E-state index contributed by atoms with van der Waals surface area (Å²) in [4.78, 5) is 15.6. The van der Waals surface area contributed by atoms with Crippen LogP contribution >= 0.6 is 0 Å². The lowest BCUT2D eigenvalue weighted by atomic mass is 10.1. The van der Waals surface area contributed by atoms with E-state index in [0.29, 0.717) is 24.7 Å². The number of nitrogens with one attached hydrogen (secondary N) is 2. The van der Waals surface area contributed by atoms with Crippen molar-refractivity contribution in [3.05, 3.63) is 47.6 Å². The molecule has 1 aromatic heterocycles. The van der Waals surface area contributed by atoms with Gasteiger partial charge in [-0.1, -0.05) is 35.5 Å². The molecule has 0 radical (unpaired) electrons. The Bertz CT molecular complexity index is 553. The molecule has 1 aromatic carbocycles. The average Bonchev–Trinajstić information content (AvgIpc) is 2.92. The molecule has 20 heavy (non-hydrogen) atoms. The summed E-state index contributed by atoms with van der Waals surface area (Å²) in [5.41, 5.74) is 1.13. The molecule has 0 aliphatic rings. The van der Waals surface area contributed by atoms with E-state index in [0.717, 1.165) is 5.56 Å². The molecule has 2 N–H and O–H groups in total. The average molecular weight is 274 g/mol. The van der Waals surface area contributed by atoms with Crippen LogP contribution in [0.2, 0.25) is 0 Å². The predicted molar refractivity (Wildman–Crippen MR) is 73.9 cm³/mol. The number of benzene rings is 1. The fourth-order valence-corrected chi connectivity index (χ4v) is 1.76. The molecule has 2 rings (SSSR count). The number of rotatable bonds is 6. The Morgan fingerprint density at radius 1 is 1.35 bits per heavy atom. The van der Waals surface area contributed by atoms with Gasteiger partial charge in [0.05, 0.1) is 12.6 Å². The third kappa shape index (κ3) is 3.89. The van der Waals surface area contributed by atoms with Crippen molar-refractivity contribution in [3.8, 4) is 0 Å². The van der Waals surface area contributed by atoms with Gasteiger partial charge in [0.25, 0.3) is 0 Å². The van der Waals surface area contributed by atoms with E-state index in [4.69, 9.17) is 4.52 Å². The SMILES string of the molecule is CNC(=O)C(C)NCc1nc(Cc2ccccc2)no1. The Morgan fingerprint density at radius 3 is 2.80 bits per heavy atom. The third-order valence-corrected chi connectivity index (χ3v) is 2.91. The van der Waals surface area contributed by atoms with Crippen LogP contribution in [0.25, 0.3) is 0 Å². The Morgan fingerprint density at radius 2 is 2.10 bits per heavy atom. The monoisotopic (exact) mass is 274 g/mol. The van der Waals surface area contributed by atoms with Crippen molar-refractivity contribution < 1.29 is 9.32 Å². The highest BCUT2D eigenvalue weighted by atomic mass is 16.5. The van der Waals surface area contributed by atoms with Crippen LogP contribution in [0.3, 0.4) is 0 Å². The summed E-state index contributed by atoms with van der Waals surface area (Å²) in [5, 5.41) is 9.52. The molecule has 106 valence electrons. The molecule has 1 unspecified atom stereocenters. The zero-order valence-electron chi connectivity index (χ0n) is 11.6. The lowest BCUT2D eigenvalue weighted by molar-refractivity contribution is -0.122. The minimum absolute atomic E-state index is 0.0750.